The molecule has 0 radical (unpaired) electrons. The van der Waals surface area contributed by atoms with Crippen LogP contribution in [0.4, 0.5) is 0 Å². The summed E-state index contributed by atoms with van der Waals surface area (Å²) < 4.78 is 92.6. The lowest BCUT2D eigenvalue weighted by atomic mass is 9.84. The van der Waals surface area contributed by atoms with Gasteiger partial charge >= 0.3 is 11.9 Å². The molecule has 0 saturated carbocycles. The number of carbonyl (C=O) groups is 4. The maximum atomic E-state index is 15.1. The van der Waals surface area contributed by atoms with E-state index < -0.39 is 23.8 Å². The number of nitrogens with zero attached hydrogens (tertiary/aromatic N) is 2. The number of quaternary nitrogens is 2. The fraction of sp³-hybridized carbons (Fsp3) is 0.467. The maximum Gasteiger partial charge on any atom is 0.322 e. The molecule has 0 amide bonds. The Bertz CT molecular complexity index is 3450. The van der Waals surface area contributed by atoms with Crippen LogP contribution in [-0.4, -0.2) is 185 Å². The lowest BCUT2D eigenvalue weighted by molar-refractivity contribution is -0.942. The van der Waals surface area contributed by atoms with Gasteiger partial charge in [-0.1, -0.05) is 12.1 Å². The standard InChI is InChI=1S/C75H96N2O20/c1-76(26-24-50-40-64(86-7)66(88-9)42-52(50)56(76)30-46-20-22-60(82-3)62(34-46)84-5)44-54(58(78)32-48-36-68(90-11)72(94-15)69(37-48)91-12)74(80)96-28-18-17-19-29-97-75(81)55(59(79)33-49-38-70(92-13)73(95-16)71(39-49)93-14)45-77(2)27-25-51-41-65(87-8)67(89-10)43-53(51)57(77)31-47-21-23-61(83-4)63(35-47)85-6/h20-23,34-43,54-57H,17-19,24-33,44-45H2,1-16H3/q+2. The van der Waals surface area contributed by atoms with E-state index in [1.54, 1.807) is 81.1 Å². The zero-order valence-electron chi connectivity index (χ0n) is 59.1. The van der Waals surface area contributed by atoms with Gasteiger partial charge < -0.3 is 84.8 Å². The third kappa shape index (κ3) is 16.8. The molecule has 0 aliphatic carbocycles. The van der Waals surface area contributed by atoms with Gasteiger partial charge in [0.15, 0.2) is 92.4 Å². The molecule has 0 spiro atoms. The van der Waals surface area contributed by atoms with E-state index in [1.807, 2.05) is 60.7 Å². The number of ketones is 2. The number of ether oxygens (including phenoxy) is 16. The van der Waals surface area contributed by atoms with Crippen molar-refractivity contribution < 1.29 is 104 Å². The molecule has 22 nitrogen and oxygen atoms in total. The van der Waals surface area contributed by atoms with Gasteiger partial charge in [-0.25, -0.2) is 0 Å². The van der Waals surface area contributed by atoms with Crippen LogP contribution in [-0.2, 0) is 67.2 Å². The average molecular weight is 1350 g/mol. The number of hydrogen-bond acceptors (Lipinski definition) is 20. The van der Waals surface area contributed by atoms with E-state index in [2.05, 4.69) is 14.1 Å². The summed E-state index contributed by atoms with van der Waals surface area (Å²) in [4.78, 5) is 60.0. The number of carbonyl (C=O) groups excluding carboxylic acids is 4. The lowest BCUT2D eigenvalue weighted by Gasteiger charge is -2.47. The molecule has 2 aliphatic rings. The molecule has 97 heavy (non-hydrogen) atoms. The summed E-state index contributed by atoms with van der Waals surface area (Å²) in [6.07, 6.45) is 3.15. The molecule has 2 aliphatic heterocycles. The number of benzene rings is 6. The van der Waals surface area contributed by atoms with Crippen LogP contribution in [0.25, 0.3) is 0 Å². The smallest absolute Gasteiger partial charge is 0.322 e. The molecule has 6 aromatic rings. The molecule has 6 aromatic carbocycles. The summed E-state index contributed by atoms with van der Waals surface area (Å²) in [6, 6.07) is 25.9. The molecular weight excluding hydrogens is 1250 g/mol. The molecule has 8 rings (SSSR count). The van der Waals surface area contributed by atoms with Crippen LogP contribution >= 0.6 is 0 Å². The topological polar surface area (TPSA) is 216 Å². The average Bonchev–Trinajstić information content (AvgIpc) is 0.758. The Hall–Kier alpha value is -9.28. The maximum absolute atomic E-state index is 15.1. The first-order valence-electron chi connectivity index (χ1n) is 32.3. The summed E-state index contributed by atoms with van der Waals surface area (Å²) in [5.74, 6) is 2.27. The van der Waals surface area contributed by atoms with Crippen molar-refractivity contribution >= 4 is 23.5 Å². The highest BCUT2D eigenvalue weighted by atomic mass is 16.6. The van der Waals surface area contributed by atoms with Gasteiger partial charge in [0, 0.05) is 49.7 Å². The summed E-state index contributed by atoms with van der Waals surface area (Å²) in [6.45, 7) is 1.26. The molecule has 0 aromatic heterocycles. The van der Waals surface area contributed by atoms with E-state index in [0.29, 0.717) is 150 Å². The molecule has 2 heterocycles. The van der Waals surface area contributed by atoms with Crippen LogP contribution in [0, 0.1) is 11.8 Å². The van der Waals surface area contributed by atoms with Gasteiger partial charge in [0.1, 0.15) is 12.1 Å². The highest BCUT2D eigenvalue weighted by Crippen LogP contribution is 2.47. The SMILES string of the molecule is COc1ccc(CC2c3cc(OC)c(OC)cc3CC[N+]2(C)CC(C(=O)Cc2cc(OC)c(OC)c(OC)c2)C(=O)OCCCCCOC(=O)C(C[N+]2(C)CCc3cc(OC)c(OC)cc3C2Cc2ccc(OC)c(OC)c2)C(=O)Cc2cc(OC)c(OC)c(OC)c2)cc1OC. The third-order valence-electron chi connectivity index (χ3n) is 19.1. The minimum absolute atomic E-state index is 0.0231. The van der Waals surface area contributed by atoms with Crippen molar-refractivity contribution in [3.8, 4) is 80.5 Å². The number of likely N-dealkylation sites (N-methyl/N-ethyl adjacent to an activating group) is 2. The Kier molecular flexibility index (Phi) is 25.5. The van der Waals surface area contributed by atoms with Gasteiger partial charge in [-0.15, -0.1) is 0 Å². The van der Waals surface area contributed by atoms with Crippen LogP contribution in [0.15, 0.2) is 84.9 Å². The van der Waals surface area contributed by atoms with Crippen LogP contribution in [0.5, 0.6) is 80.5 Å². The zero-order valence-corrected chi connectivity index (χ0v) is 59.1. The first-order valence-corrected chi connectivity index (χ1v) is 32.3. The van der Waals surface area contributed by atoms with Gasteiger partial charge in [-0.05, 0) is 125 Å². The summed E-state index contributed by atoms with van der Waals surface area (Å²) in [5, 5.41) is 0. The van der Waals surface area contributed by atoms with E-state index in [0.717, 1.165) is 33.4 Å². The summed E-state index contributed by atoms with van der Waals surface area (Å²) in [7, 11) is 25.9. The molecule has 0 saturated heterocycles. The first kappa shape index (κ1) is 73.5. The van der Waals surface area contributed by atoms with Gasteiger partial charge in [-0.3, -0.25) is 19.2 Å². The Morgan fingerprint density at radius 2 is 0.660 bits per heavy atom. The normalized spacial score (nSPS) is 17.5. The van der Waals surface area contributed by atoms with E-state index in [1.165, 1.54) is 42.7 Å². The largest absolute Gasteiger partial charge is 0.493 e. The van der Waals surface area contributed by atoms with E-state index >= 15 is 9.59 Å². The number of esters is 2. The van der Waals surface area contributed by atoms with Gasteiger partial charge in [-0.2, -0.15) is 0 Å². The van der Waals surface area contributed by atoms with Crippen molar-refractivity contribution in [2.45, 2.75) is 69.9 Å². The monoisotopic (exact) mass is 1340 g/mol. The number of fused-ring (bicyclic) bond motifs is 2. The Labute approximate surface area is 569 Å². The molecule has 0 N–H and O–H groups in total. The second-order valence-corrected chi connectivity index (χ2v) is 24.8. The third-order valence-corrected chi connectivity index (χ3v) is 19.1. The van der Waals surface area contributed by atoms with Crippen LogP contribution in [0.1, 0.15) is 75.9 Å². The second kappa shape index (κ2) is 33.6. The van der Waals surface area contributed by atoms with E-state index in [9.17, 15) is 9.59 Å². The molecule has 0 bridgehead atoms. The van der Waals surface area contributed by atoms with Crippen LogP contribution in [0.2, 0.25) is 0 Å². The predicted molar refractivity (Wildman–Crippen MR) is 363 cm³/mol. The highest BCUT2D eigenvalue weighted by Gasteiger charge is 2.47. The van der Waals surface area contributed by atoms with Crippen molar-refractivity contribution in [2.24, 2.45) is 11.8 Å². The van der Waals surface area contributed by atoms with Crippen LogP contribution in [0.3, 0.4) is 0 Å². The molecule has 22 heteroatoms. The summed E-state index contributed by atoms with van der Waals surface area (Å²) in [5.41, 5.74) is 7.11. The molecular formula is C75H96N2O20+2. The van der Waals surface area contributed by atoms with Crippen molar-refractivity contribution in [2.75, 3.05) is 153 Å². The molecule has 0 fully saturated rings. The van der Waals surface area contributed by atoms with Crippen molar-refractivity contribution in [3.63, 3.8) is 0 Å². The second-order valence-electron chi connectivity index (χ2n) is 24.8. The Balaban J connectivity index is 1.04. The minimum atomic E-state index is -1.23. The number of rotatable bonds is 36. The fourth-order valence-corrected chi connectivity index (χ4v) is 13.7. The molecule has 6 atom stereocenters. The van der Waals surface area contributed by atoms with Gasteiger partial charge in [0.25, 0.3) is 0 Å². The first-order chi connectivity index (χ1) is 46.8. The molecule has 524 valence electrons. The van der Waals surface area contributed by atoms with E-state index in [-0.39, 0.29) is 71.8 Å². The van der Waals surface area contributed by atoms with E-state index in [4.69, 9.17) is 75.8 Å². The number of methoxy groups -OCH3 is 14. The predicted octanol–water partition coefficient (Wildman–Crippen LogP) is 10.2. The number of unbranched alkanes of at least 4 members (excludes halogenated alkanes) is 2. The number of hydrogen-bond donors (Lipinski definition) is 0. The van der Waals surface area contributed by atoms with Gasteiger partial charge in [0.05, 0.1) is 153 Å². The van der Waals surface area contributed by atoms with Gasteiger partial charge in [0.2, 0.25) is 11.5 Å². The summed E-state index contributed by atoms with van der Waals surface area (Å²) >= 11 is 0. The van der Waals surface area contributed by atoms with Crippen molar-refractivity contribution in [1.82, 2.24) is 0 Å². The Morgan fingerprint density at radius 1 is 0.361 bits per heavy atom. The fourth-order valence-electron chi connectivity index (χ4n) is 13.7. The van der Waals surface area contributed by atoms with Crippen LogP contribution < -0.4 is 66.3 Å². The van der Waals surface area contributed by atoms with Crippen molar-refractivity contribution in [1.29, 1.82) is 0 Å². The minimum Gasteiger partial charge on any atom is -0.493 e. The highest BCUT2D eigenvalue weighted by molar-refractivity contribution is 6.01. The van der Waals surface area contributed by atoms with Crippen molar-refractivity contribution in [3.05, 3.63) is 129 Å². The molecule has 6 unspecified atom stereocenters. The quantitative estimate of drug-likeness (QED) is 0.0155. The Morgan fingerprint density at radius 3 is 0.969 bits per heavy atom. The lowest BCUT2D eigenvalue weighted by Crippen LogP contribution is -2.56. The number of Topliss-reactive ketones (excluding diaryl/α,β-unsaturated/α-hetero) is 2. The zero-order chi connectivity index (χ0) is 70.1.